The summed E-state index contributed by atoms with van der Waals surface area (Å²) in [5.74, 6) is 0.767. The number of alkyl halides is 1. The Morgan fingerprint density at radius 3 is 2.91 bits per heavy atom. The molecule has 2 aliphatic heterocycles. The van der Waals surface area contributed by atoms with Crippen molar-refractivity contribution in [2.75, 3.05) is 24.5 Å². The zero-order valence-electron chi connectivity index (χ0n) is 12.5. The summed E-state index contributed by atoms with van der Waals surface area (Å²) in [7, 11) is 0. The van der Waals surface area contributed by atoms with Crippen molar-refractivity contribution in [1.82, 2.24) is 20.3 Å². The average Bonchev–Trinajstić information content (AvgIpc) is 3.01. The number of anilines is 1. The van der Waals surface area contributed by atoms with Crippen molar-refractivity contribution in [2.24, 2.45) is 0 Å². The fourth-order valence-electron chi connectivity index (χ4n) is 2.90. The van der Waals surface area contributed by atoms with Gasteiger partial charge in [-0.05, 0) is 12.8 Å². The molecule has 0 radical (unpaired) electrons. The van der Waals surface area contributed by atoms with E-state index < -0.39 is 0 Å². The van der Waals surface area contributed by atoms with E-state index in [1.807, 2.05) is 12.4 Å². The lowest BCUT2D eigenvalue weighted by Gasteiger charge is -2.29. The van der Waals surface area contributed by atoms with Crippen LogP contribution in [0.15, 0.2) is 12.4 Å². The third-order valence-corrected chi connectivity index (χ3v) is 6.25. The van der Waals surface area contributed by atoms with Gasteiger partial charge in [0.25, 0.3) is 5.91 Å². The van der Waals surface area contributed by atoms with Gasteiger partial charge in [0.15, 0.2) is 0 Å². The number of hydrogen-bond acceptors (Lipinski definition) is 6. The molecule has 2 aliphatic rings. The molecule has 2 aromatic rings. The third kappa shape index (κ3) is 3.06. The van der Waals surface area contributed by atoms with Crippen LogP contribution in [0.1, 0.15) is 28.2 Å². The van der Waals surface area contributed by atoms with E-state index in [1.54, 1.807) is 0 Å². The third-order valence-electron chi connectivity index (χ3n) is 4.08. The Bertz CT molecular complexity index is 732. The molecule has 1 amide bonds. The van der Waals surface area contributed by atoms with Crippen LogP contribution in [-0.2, 0) is 6.42 Å². The number of aromatic nitrogens is 3. The molecule has 0 unspecified atom stereocenters. The Labute approximate surface area is 151 Å². The molecular formula is C15H16IN5OS. The van der Waals surface area contributed by atoms with Gasteiger partial charge in [-0.1, -0.05) is 22.6 Å². The zero-order chi connectivity index (χ0) is 15.8. The first-order valence-corrected chi connectivity index (χ1v) is 9.76. The predicted molar refractivity (Wildman–Crippen MR) is 98.4 cm³/mol. The number of halogens is 1. The highest BCUT2D eigenvalue weighted by atomic mass is 127. The number of piperidine rings is 1. The van der Waals surface area contributed by atoms with Crippen molar-refractivity contribution >= 4 is 45.8 Å². The summed E-state index contributed by atoms with van der Waals surface area (Å²) in [5, 5.41) is 3.68. The smallest absolute Gasteiger partial charge is 0.263 e. The van der Waals surface area contributed by atoms with Crippen molar-refractivity contribution in [1.29, 1.82) is 0 Å². The van der Waals surface area contributed by atoms with E-state index in [2.05, 4.69) is 47.8 Å². The zero-order valence-corrected chi connectivity index (χ0v) is 15.4. The molecule has 1 N–H and O–H groups in total. The van der Waals surface area contributed by atoms with Gasteiger partial charge < -0.3 is 10.2 Å². The molecule has 1 fully saturated rings. The Kier molecular flexibility index (Phi) is 4.18. The molecule has 0 aromatic carbocycles. The van der Waals surface area contributed by atoms with Crippen molar-refractivity contribution < 1.29 is 4.79 Å². The number of hydrogen-bond donors (Lipinski definition) is 1. The molecule has 4 rings (SSSR count). The van der Waals surface area contributed by atoms with Gasteiger partial charge >= 0.3 is 0 Å². The van der Waals surface area contributed by atoms with Crippen LogP contribution in [0, 0.1) is 0 Å². The second kappa shape index (κ2) is 6.31. The van der Waals surface area contributed by atoms with Gasteiger partial charge in [-0.3, -0.25) is 4.79 Å². The van der Waals surface area contributed by atoms with Crippen molar-refractivity contribution in [3.63, 3.8) is 0 Å². The highest BCUT2D eigenvalue weighted by Crippen LogP contribution is 2.30. The number of thiazole rings is 1. The second-order valence-electron chi connectivity index (χ2n) is 5.76. The van der Waals surface area contributed by atoms with Crippen LogP contribution in [0.4, 0.5) is 5.95 Å². The highest BCUT2D eigenvalue weighted by Gasteiger charge is 2.23. The summed E-state index contributed by atoms with van der Waals surface area (Å²) in [6.45, 7) is 2.69. The van der Waals surface area contributed by atoms with E-state index in [0.717, 1.165) is 46.6 Å². The summed E-state index contributed by atoms with van der Waals surface area (Å²) < 4.78 is 0.661. The average molecular weight is 441 g/mol. The van der Waals surface area contributed by atoms with Crippen molar-refractivity contribution in [3.8, 4) is 10.6 Å². The second-order valence-corrected chi connectivity index (χ2v) is 8.52. The topological polar surface area (TPSA) is 71.0 Å². The van der Waals surface area contributed by atoms with Crippen molar-refractivity contribution in [3.05, 3.63) is 23.0 Å². The fraction of sp³-hybridized carbons (Fsp3) is 0.467. The maximum Gasteiger partial charge on any atom is 0.263 e. The lowest BCUT2D eigenvalue weighted by molar-refractivity contribution is 0.0950. The van der Waals surface area contributed by atoms with Crippen LogP contribution in [-0.4, -0.2) is 44.4 Å². The molecule has 0 spiro atoms. The highest BCUT2D eigenvalue weighted by molar-refractivity contribution is 14.1. The molecule has 4 heterocycles. The standard InChI is InChI=1S/C15H16IN5OS/c16-10-2-1-5-21(8-10)15-18-6-9(7-19-15)14-20-11-3-4-17-13(22)12(11)23-14/h6-7,10H,1-5,8H2,(H,17,22)/t10-/m0/s1. The maximum atomic E-state index is 11.8. The van der Waals surface area contributed by atoms with Gasteiger partial charge in [0.1, 0.15) is 9.88 Å². The number of nitrogens with zero attached hydrogens (tertiary/aromatic N) is 4. The SMILES string of the molecule is O=C1NCCc2nc(-c3cnc(N4CCC[C@H](I)C4)nc3)sc21. The van der Waals surface area contributed by atoms with Crippen LogP contribution < -0.4 is 10.2 Å². The fourth-order valence-corrected chi connectivity index (χ4v) is 4.82. The van der Waals surface area contributed by atoms with Crippen LogP contribution in [0.3, 0.4) is 0 Å². The Balaban J connectivity index is 1.57. The number of carbonyl (C=O) groups is 1. The minimum Gasteiger partial charge on any atom is -0.351 e. The van der Waals surface area contributed by atoms with E-state index in [9.17, 15) is 4.79 Å². The van der Waals surface area contributed by atoms with E-state index in [1.165, 1.54) is 24.2 Å². The van der Waals surface area contributed by atoms with Crippen LogP contribution >= 0.6 is 33.9 Å². The number of amides is 1. The van der Waals surface area contributed by atoms with E-state index in [-0.39, 0.29) is 5.91 Å². The summed E-state index contributed by atoms with van der Waals surface area (Å²) in [6.07, 6.45) is 6.89. The molecule has 23 heavy (non-hydrogen) atoms. The van der Waals surface area contributed by atoms with Gasteiger partial charge in [0.05, 0.1) is 5.69 Å². The van der Waals surface area contributed by atoms with E-state index >= 15 is 0 Å². The quantitative estimate of drug-likeness (QED) is 0.572. The first-order valence-electron chi connectivity index (χ1n) is 7.70. The lowest BCUT2D eigenvalue weighted by Crippen LogP contribution is -2.36. The molecule has 1 saturated heterocycles. The lowest BCUT2D eigenvalue weighted by atomic mass is 10.1. The first-order chi connectivity index (χ1) is 11.2. The molecule has 1 atom stereocenters. The Morgan fingerprint density at radius 2 is 2.17 bits per heavy atom. The molecule has 120 valence electrons. The van der Waals surface area contributed by atoms with E-state index in [4.69, 9.17) is 0 Å². The molecule has 0 bridgehead atoms. The van der Waals surface area contributed by atoms with Crippen LogP contribution in [0.2, 0.25) is 0 Å². The van der Waals surface area contributed by atoms with Gasteiger partial charge in [-0.2, -0.15) is 0 Å². The molecule has 6 nitrogen and oxygen atoms in total. The maximum absolute atomic E-state index is 11.8. The molecule has 0 saturated carbocycles. The minimum atomic E-state index is -0.0195. The van der Waals surface area contributed by atoms with Gasteiger partial charge in [-0.15, -0.1) is 11.3 Å². The van der Waals surface area contributed by atoms with E-state index in [0.29, 0.717) is 10.5 Å². The summed E-state index contributed by atoms with van der Waals surface area (Å²) in [4.78, 5) is 28.4. The number of rotatable bonds is 2. The number of nitrogens with one attached hydrogen (secondary N) is 1. The van der Waals surface area contributed by atoms with Crippen molar-refractivity contribution in [2.45, 2.75) is 23.2 Å². The normalized spacial score (nSPS) is 21.0. The molecule has 0 aliphatic carbocycles. The van der Waals surface area contributed by atoms with Gasteiger partial charge in [0, 0.05) is 47.9 Å². The van der Waals surface area contributed by atoms with Gasteiger partial charge in [0.2, 0.25) is 5.95 Å². The summed E-state index contributed by atoms with van der Waals surface area (Å²) in [5.41, 5.74) is 1.77. The Hall–Kier alpha value is -1.29. The first kappa shape index (κ1) is 15.3. The number of carbonyl (C=O) groups excluding carboxylic acids is 1. The summed E-state index contributed by atoms with van der Waals surface area (Å²) >= 11 is 3.91. The monoisotopic (exact) mass is 441 g/mol. The molecular weight excluding hydrogens is 425 g/mol. The molecule has 2 aromatic heterocycles. The van der Waals surface area contributed by atoms with Gasteiger partial charge in [-0.25, -0.2) is 15.0 Å². The molecule has 8 heteroatoms. The van der Waals surface area contributed by atoms with Crippen LogP contribution in [0.25, 0.3) is 10.6 Å². The Morgan fingerprint density at radius 1 is 1.35 bits per heavy atom. The largest absolute Gasteiger partial charge is 0.351 e. The summed E-state index contributed by atoms with van der Waals surface area (Å²) in [6, 6.07) is 0. The predicted octanol–water partition coefficient (Wildman–Crippen LogP) is 2.29. The number of fused-ring (bicyclic) bond motifs is 1. The minimum absolute atomic E-state index is 0.0195. The van der Waals surface area contributed by atoms with Crippen LogP contribution in [0.5, 0.6) is 0 Å².